The van der Waals surface area contributed by atoms with Crippen molar-refractivity contribution in [2.45, 2.75) is 45.7 Å². The molecule has 2 aromatic rings. The van der Waals surface area contributed by atoms with Crippen molar-refractivity contribution >= 4 is 6.21 Å². The molecular formula is C17H23N3. The van der Waals surface area contributed by atoms with Crippen LogP contribution in [-0.2, 0) is 6.54 Å². The van der Waals surface area contributed by atoms with Crippen LogP contribution in [0.5, 0.6) is 0 Å². The number of rotatable bonds is 7. The van der Waals surface area contributed by atoms with Crippen LogP contribution in [0.4, 0.5) is 0 Å². The molecule has 0 saturated carbocycles. The first-order valence-corrected chi connectivity index (χ1v) is 7.40. The minimum atomic E-state index is 0.164. The molecule has 0 radical (unpaired) electrons. The van der Waals surface area contributed by atoms with E-state index in [0.717, 1.165) is 12.4 Å². The normalized spacial score (nSPS) is 12.9. The van der Waals surface area contributed by atoms with Gasteiger partial charge in [-0.2, -0.15) is 0 Å². The van der Waals surface area contributed by atoms with E-state index in [2.05, 4.69) is 40.5 Å². The Labute approximate surface area is 121 Å². The number of imidazole rings is 1. The third-order valence-corrected chi connectivity index (χ3v) is 3.45. The van der Waals surface area contributed by atoms with Gasteiger partial charge in [0.1, 0.15) is 0 Å². The van der Waals surface area contributed by atoms with Crippen LogP contribution in [0.25, 0.3) is 0 Å². The molecule has 0 aliphatic carbocycles. The first-order chi connectivity index (χ1) is 9.81. The highest BCUT2D eigenvalue weighted by atomic mass is 15.1. The van der Waals surface area contributed by atoms with Gasteiger partial charge in [-0.15, -0.1) is 0 Å². The summed E-state index contributed by atoms with van der Waals surface area (Å²) in [6.45, 7) is 5.35. The van der Waals surface area contributed by atoms with Crippen LogP contribution in [0.15, 0.2) is 47.7 Å². The van der Waals surface area contributed by atoms with Crippen LogP contribution >= 0.6 is 0 Å². The number of aryl methyl sites for hydroxylation is 1. The minimum Gasteiger partial charge on any atom is -0.330 e. The molecular weight excluding hydrogens is 246 g/mol. The largest absolute Gasteiger partial charge is 0.330 e. The second-order valence-corrected chi connectivity index (χ2v) is 5.05. The van der Waals surface area contributed by atoms with Gasteiger partial charge >= 0.3 is 0 Å². The molecule has 106 valence electrons. The van der Waals surface area contributed by atoms with Crippen LogP contribution in [0.1, 0.15) is 50.5 Å². The highest BCUT2D eigenvalue weighted by molar-refractivity contribution is 5.75. The lowest BCUT2D eigenvalue weighted by Crippen LogP contribution is -2.03. The van der Waals surface area contributed by atoms with Gasteiger partial charge in [-0.25, -0.2) is 4.98 Å². The zero-order valence-corrected chi connectivity index (χ0v) is 12.4. The van der Waals surface area contributed by atoms with E-state index >= 15 is 0 Å². The lowest BCUT2D eigenvalue weighted by molar-refractivity contribution is 0.599. The van der Waals surface area contributed by atoms with Gasteiger partial charge in [-0.1, -0.05) is 50.1 Å². The zero-order chi connectivity index (χ0) is 14.2. The molecule has 0 bridgehead atoms. The van der Waals surface area contributed by atoms with Gasteiger partial charge in [0.15, 0.2) is 5.82 Å². The molecule has 3 nitrogen and oxygen atoms in total. The van der Waals surface area contributed by atoms with Crippen molar-refractivity contribution in [2.75, 3.05) is 0 Å². The van der Waals surface area contributed by atoms with Crippen LogP contribution in [0.3, 0.4) is 0 Å². The number of aliphatic imine (C=N–C) groups is 1. The maximum absolute atomic E-state index is 4.62. The average molecular weight is 269 g/mol. The van der Waals surface area contributed by atoms with Crippen molar-refractivity contribution in [3.63, 3.8) is 0 Å². The van der Waals surface area contributed by atoms with E-state index in [1.54, 1.807) is 0 Å². The maximum atomic E-state index is 4.62. The molecule has 20 heavy (non-hydrogen) atoms. The van der Waals surface area contributed by atoms with Crippen molar-refractivity contribution in [1.29, 1.82) is 0 Å². The highest BCUT2D eigenvalue weighted by Crippen LogP contribution is 2.15. The van der Waals surface area contributed by atoms with E-state index in [-0.39, 0.29) is 6.04 Å². The third kappa shape index (κ3) is 4.05. The van der Waals surface area contributed by atoms with E-state index < -0.39 is 0 Å². The van der Waals surface area contributed by atoms with Gasteiger partial charge < -0.3 is 4.57 Å². The molecule has 0 spiro atoms. The molecule has 1 aromatic heterocycles. The summed E-state index contributed by atoms with van der Waals surface area (Å²) in [6, 6.07) is 10.5. The molecule has 1 aromatic carbocycles. The first-order valence-electron chi connectivity index (χ1n) is 7.40. The van der Waals surface area contributed by atoms with E-state index in [1.165, 1.54) is 24.8 Å². The Hall–Kier alpha value is -1.90. The standard InChI is InChI=1S/C17H23N3/c1-3-4-8-12-20-13-11-18-17(20)14-19-15(2)16-9-6-5-7-10-16/h5-7,9-11,13-15H,3-4,8,12H2,1-2H3/t15-/m1/s1. The summed E-state index contributed by atoms with van der Waals surface area (Å²) in [5.41, 5.74) is 1.23. The zero-order valence-electron chi connectivity index (χ0n) is 12.4. The van der Waals surface area contributed by atoms with Crippen LogP contribution in [0.2, 0.25) is 0 Å². The van der Waals surface area contributed by atoms with Crippen molar-refractivity contribution < 1.29 is 0 Å². The second kappa shape index (κ2) is 7.63. The number of benzene rings is 1. The molecule has 0 fully saturated rings. The van der Waals surface area contributed by atoms with E-state index in [9.17, 15) is 0 Å². The fourth-order valence-corrected chi connectivity index (χ4v) is 2.17. The van der Waals surface area contributed by atoms with Crippen molar-refractivity contribution in [3.8, 4) is 0 Å². The summed E-state index contributed by atoms with van der Waals surface area (Å²) in [6.07, 6.45) is 9.47. The summed E-state index contributed by atoms with van der Waals surface area (Å²) in [5, 5.41) is 0. The molecule has 0 aliphatic heterocycles. The SMILES string of the molecule is CCCCCn1ccnc1C=N[C@H](C)c1ccccc1. The fraction of sp³-hybridized carbons (Fsp3) is 0.412. The van der Waals surface area contributed by atoms with Crippen molar-refractivity contribution in [1.82, 2.24) is 9.55 Å². The first kappa shape index (κ1) is 14.5. The average Bonchev–Trinajstić information content (AvgIpc) is 2.93. The Morgan fingerprint density at radius 3 is 2.80 bits per heavy atom. The van der Waals surface area contributed by atoms with E-state index in [4.69, 9.17) is 0 Å². The molecule has 0 saturated heterocycles. The van der Waals surface area contributed by atoms with Gasteiger partial charge in [0.25, 0.3) is 0 Å². The number of hydrogen-bond acceptors (Lipinski definition) is 2. The Morgan fingerprint density at radius 1 is 1.25 bits per heavy atom. The summed E-state index contributed by atoms with van der Waals surface area (Å²) in [7, 11) is 0. The van der Waals surface area contributed by atoms with Gasteiger partial charge in [0.05, 0.1) is 12.3 Å². The number of hydrogen-bond donors (Lipinski definition) is 0. The van der Waals surface area contributed by atoms with Crippen molar-refractivity contribution in [2.24, 2.45) is 4.99 Å². The summed E-state index contributed by atoms with van der Waals surface area (Å²) in [5.74, 6) is 0.948. The van der Waals surface area contributed by atoms with E-state index in [1.807, 2.05) is 36.8 Å². The molecule has 0 amide bonds. The van der Waals surface area contributed by atoms with E-state index in [0.29, 0.717) is 0 Å². The predicted molar refractivity (Wildman–Crippen MR) is 84.2 cm³/mol. The monoisotopic (exact) mass is 269 g/mol. The third-order valence-electron chi connectivity index (χ3n) is 3.45. The van der Waals surface area contributed by atoms with Gasteiger partial charge in [0, 0.05) is 18.9 Å². The smallest absolute Gasteiger partial charge is 0.150 e. The molecule has 1 heterocycles. The Kier molecular flexibility index (Phi) is 5.54. The van der Waals surface area contributed by atoms with Gasteiger partial charge in [0.2, 0.25) is 0 Å². The molecule has 3 heteroatoms. The van der Waals surface area contributed by atoms with Crippen LogP contribution in [0, 0.1) is 0 Å². The summed E-state index contributed by atoms with van der Waals surface area (Å²) < 4.78 is 2.18. The van der Waals surface area contributed by atoms with Crippen molar-refractivity contribution in [3.05, 3.63) is 54.1 Å². The molecule has 0 aliphatic rings. The minimum absolute atomic E-state index is 0.164. The highest BCUT2D eigenvalue weighted by Gasteiger charge is 2.03. The summed E-state index contributed by atoms with van der Waals surface area (Å²) >= 11 is 0. The maximum Gasteiger partial charge on any atom is 0.150 e. The molecule has 0 N–H and O–H groups in total. The molecule has 2 rings (SSSR count). The second-order valence-electron chi connectivity index (χ2n) is 5.05. The molecule has 0 unspecified atom stereocenters. The van der Waals surface area contributed by atoms with Gasteiger partial charge in [-0.05, 0) is 18.9 Å². The Balaban J connectivity index is 1.99. The number of nitrogens with zero attached hydrogens (tertiary/aromatic N) is 3. The number of unbranched alkanes of at least 4 members (excludes halogenated alkanes) is 2. The van der Waals surface area contributed by atoms with Gasteiger partial charge in [-0.3, -0.25) is 4.99 Å². The Bertz CT molecular complexity index is 528. The quantitative estimate of drug-likeness (QED) is 0.546. The topological polar surface area (TPSA) is 30.2 Å². The number of aromatic nitrogens is 2. The predicted octanol–water partition coefficient (Wildman–Crippen LogP) is 4.25. The Morgan fingerprint density at radius 2 is 2.05 bits per heavy atom. The fourth-order valence-electron chi connectivity index (χ4n) is 2.17. The van der Waals surface area contributed by atoms with Crippen LogP contribution < -0.4 is 0 Å². The lowest BCUT2D eigenvalue weighted by Gasteiger charge is -2.07. The van der Waals surface area contributed by atoms with Crippen LogP contribution in [-0.4, -0.2) is 15.8 Å². The molecule has 1 atom stereocenters. The summed E-state index contributed by atoms with van der Waals surface area (Å²) in [4.78, 5) is 8.99. The lowest BCUT2D eigenvalue weighted by atomic mass is 10.1.